The molecule has 0 aromatic carbocycles. The highest BCUT2D eigenvalue weighted by Gasteiger charge is 2.39. The maximum Gasteiger partial charge on any atom is 0.208 e. The molecule has 0 saturated carbocycles. The van der Waals surface area contributed by atoms with Crippen LogP contribution in [0.25, 0.3) is 0 Å². The molecule has 2 aromatic rings. The molecule has 1 spiro atoms. The average molecular weight is 331 g/mol. The molecule has 23 heavy (non-hydrogen) atoms. The van der Waals surface area contributed by atoms with Gasteiger partial charge in [0, 0.05) is 37.8 Å². The van der Waals surface area contributed by atoms with E-state index in [0.29, 0.717) is 0 Å². The quantitative estimate of drug-likeness (QED) is 0.839. The number of aromatic nitrogens is 3. The van der Waals surface area contributed by atoms with E-state index in [2.05, 4.69) is 37.1 Å². The number of hydrogen-bond donors (Lipinski definition) is 0. The standard InChI is InChI=1S/C16H21N5OS/c1-2-6-17-14(4-1)20-7-3-5-16(10-20)11-21(8-9-22-12-16)15-19-18-13-23-15/h1-2,4,6,13H,3,5,7-12H2. The molecule has 7 heteroatoms. The first-order valence-electron chi connectivity index (χ1n) is 8.10. The molecule has 2 fully saturated rings. The van der Waals surface area contributed by atoms with Crippen LogP contribution in [0.4, 0.5) is 10.9 Å². The molecule has 122 valence electrons. The van der Waals surface area contributed by atoms with Gasteiger partial charge in [0.1, 0.15) is 11.3 Å². The molecule has 2 aliphatic heterocycles. The SMILES string of the molecule is c1ccc(N2CCCC3(COCCN(c4nncs4)C3)C2)nc1. The van der Waals surface area contributed by atoms with Crippen LogP contribution in [0.3, 0.4) is 0 Å². The molecule has 2 aliphatic rings. The third-order valence-corrected chi connectivity index (χ3v) is 5.44. The van der Waals surface area contributed by atoms with Crippen molar-refractivity contribution in [3.8, 4) is 0 Å². The highest BCUT2D eigenvalue weighted by molar-refractivity contribution is 7.13. The largest absolute Gasteiger partial charge is 0.379 e. The maximum atomic E-state index is 5.97. The lowest BCUT2D eigenvalue weighted by Crippen LogP contribution is -2.51. The Hall–Kier alpha value is -1.73. The zero-order chi connectivity index (χ0) is 15.5. The molecular weight excluding hydrogens is 310 g/mol. The smallest absolute Gasteiger partial charge is 0.208 e. The van der Waals surface area contributed by atoms with Crippen molar-refractivity contribution in [1.82, 2.24) is 15.2 Å². The van der Waals surface area contributed by atoms with E-state index in [1.165, 1.54) is 12.8 Å². The minimum Gasteiger partial charge on any atom is -0.379 e. The first-order chi connectivity index (χ1) is 11.3. The van der Waals surface area contributed by atoms with Gasteiger partial charge in [-0.3, -0.25) is 0 Å². The summed E-state index contributed by atoms with van der Waals surface area (Å²) in [5.74, 6) is 1.07. The van der Waals surface area contributed by atoms with E-state index in [1.54, 1.807) is 16.8 Å². The lowest BCUT2D eigenvalue weighted by Gasteiger charge is -2.43. The van der Waals surface area contributed by atoms with Gasteiger partial charge in [0.15, 0.2) is 0 Å². The predicted molar refractivity (Wildman–Crippen MR) is 91.1 cm³/mol. The summed E-state index contributed by atoms with van der Waals surface area (Å²) in [4.78, 5) is 9.26. The third-order valence-electron chi connectivity index (χ3n) is 4.69. The number of piperidine rings is 1. The minimum absolute atomic E-state index is 0.137. The fourth-order valence-electron chi connectivity index (χ4n) is 3.65. The van der Waals surface area contributed by atoms with Crippen molar-refractivity contribution in [2.45, 2.75) is 12.8 Å². The van der Waals surface area contributed by atoms with Gasteiger partial charge in [-0.25, -0.2) is 4.98 Å². The van der Waals surface area contributed by atoms with Crippen LogP contribution < -0.4 is 9.80 Å². The van der Waals surface area contributed by atoms with Crippen molar-refractivity contribution in [2.24, 2.45) is 5.41 Å². The summed E-state index contributed by atoms with van der Waals surface area (Å²) in [6.45, 7) is 5.49. The Balaban J connectivity index is 1.55. The van der Waals surface area contributed by atoms with Crippen LogP contribution in [-0.4, -0.2) is 54.6 Å². The second kappa shape index (κ2) is 6.41. The van der Waals surface area contributed by atoms with Crippen LogP contribution in [0, 0.1) is 5.41 Å². The summed E-state index contributed by atoms with van der Waals surface area (Å²) in [6.07, 6.45) is 4.23. The van der Waals surface area contributed by atoms with Crippen molar-refractivity contribution in [2.75, 3.05) is 49.2 Å². The zero-order valence-corrected chi connectivity index (χ0v) is 13.9. The molecule has 1 unspecified atom stereocenters. The van der Waals surface area contributed by atoms with Gasteiger partial charge in [0.2, 0.25) is 5.13 Å². The van der Waals surface area contributed by atoms with Gasteiger partial charge in [0.25, 0.3) is 0 Å². The second-order valence-electron chi connectivity index (χ2n) is 6.41. The fraction of sp³-hybridized carbons (Fsp3) is 0.562. The summed E-state index contributed by atoms with van der Waals surface area (Å²) in [7, 11) is 0. The first-order valence-corrected chi connectivity index (χ1v) is 8.98. The molecule has 4 heterocycles. The molecule has 0 bridgehead atoms. The summed E-state index contributed by atoms with van der Waals surface area (Å²) in [6, 6.07) is 6.12. The van der Waals surface area contributed by atoms with Crippen LogP contribution in [0.15, 0.2) is 29.9 Å². The summed E-state index contributed by atoms with van der Waals surface area (Å²) in [5, 5.41) is 9.24. The average Bonchev–Trinajstić information content (AvgIpc) is 3.06. The highest BCUT2D eigenvalue weighted by atomic mass is 32.1. The van der Waals surface area contributed by atoms with E-state index in [1.807, 2.05) is 12.3 Å². The Morgan fingerprint density at radius 3 is 2.96 bits per heavy atom. The van der Waals surface area contributed by atoms with E-state index in [0.717, 1.165) is 50.3 Å². The van der Waals surface area contributed by atoms with Crippen molar-refractivity contribution >= 4 is 22.3 Å². The van der Waals surface area contributed by atoms with Gasteiger partial charge in [-0.15, -0.1) is 10.2 Å². The van der Waals surface area contributed by atoms with Crippen LogP contribution in [0.1, 0.15) is 12.8 Å². The van der Waals surface area contributed by atoms with E-state index in [9.17, 15) is 0 Å². The molecular formula is C16H21N5OS. The third kappa shape index (κ3) is 3.16. The van der Waals surface area contributed by atoms with Gasteiger partial charge in [-0.1, -0.05) is 17.4 Å². The number of nitrogens with zero attached hydrogens (tertiary/aromatic N) is 5. The first kappa shape index (κ1) is 14.8. The number of rotatable bonds is 2. The van der Waals surface area contributed by atoms with Gasteiger partial charge in [0.05, 0.1) is 13.2 Å². The van der Waals surface area contributed by atoms with Gasteiger partial charge in [-0.2, -0.15) is 0 Å². The maximum absolute atomic E-state index is 5.97. The number of anilines is 2. The van der Waals surface area contributed by atoms with E-state index in [4.69, 9.17) is 4.74 Å². The Kier molecular flexibility index (Phi) is 4.13. The monoisotopic (exact) mass is 331 g/mol. The number of hydrogen-bond acceptors (Lipinski definition) is 7. The summed E-state index contributed by atoms with van der Waals surface area (Å²) < 4.78 is 5.97. The lowest BCUT2D eigenvalue weighted by atomic mass is 9.80. The van der Waals surface area contributed by atoms with E-state index < -0.39 is 0 Å². The topological polar surface area (TPSA) is 54.4 Å². The lowest BCUT2D eigenvalue weighted by molar-refractivity contribution is 0.0597. The van der Waals surface area contributed by atoms with Crippen LogP contribution in [-0.2, 0) is 4.74 Å². The molecule has 4 rings (SSSR count). The normalized spacial score (nSPS) is 25.6. The predicted octanol–water partition coefficient (Wildman–Crippen LogP) is 2.06. The van der Waals surface area contributed by atoms with Crippen molar-refractivity contribution in [3.63, 3.8) is 0 Å². The van der Waals surface area contributed by atoms with Crippen molar-refractivity contribution in [1.29, 1.82) is 0 Å². The Morgan fingerprint density at radius 2 is 2.13 bits per heavy atom. The van der Waals surface area contributed by atoms with Crippen LogP contribution >= 0.6 is 11.3 Å². The second-order valence-corrected chi connectivity index (χ2v) is 7.22. The minimum atomic E-state index is 0.137. The van der Waals surface area contributed by atoms with Gasteiger partial charge in [-0.05, 0) is 25.0 Å². The Morgan fingerprint density at radius 1 is 1.17 bits per heavy atom. The molecule has 2 aromatic heterocycles. The van der Waals surface area contributed by atoms with Gasteiger partial charge < -0.3 is 14.5 Å². The van der Waals surface area contributed by atoms with Crippen LogP contribution in [0.2, 0.25) is 0 Å². The van der Waals surface area contributed by atoms with E-state index in [-0.39, 0.29) is 5.41 Å². The molecule has 6 nitrogen and oxygen atoms in total. The molecule has 0 N–H and O–H groups in total. The molecule has 0 aliphatic carbocycles. The number of ether oxygens (including phenoxy) is 1. The van der Waals surface area contributed by atoms with Crippen LogP contribution in [0.5, 0.6) is 0 Å². The summed E-state index contributed by atoms with van der Waals surface area (Å²) >= 11 is 1.61. The van der Waals surface area contributed by atoms with Crippen molar-refractivity contribution < 1.29 is 4.74 Å². The number of pyridine rings is 1. The Bertz CT molecular complexity index is 623. The molecule has 1 atom stereocenters. The highest BCUT2D eigenvalue weighted by Crippen LogP contribution is 2.36. The fourth-order valence-corrected chi connectivity index (χ4v) is 4.24. The summed E-state index contributed by atoms with van der Waals surface area (Å²) in [5.41, 5.74) is 1.94. The van der Waals surface area contributed by atoms with Gasteiger partial charge >= 0.3 is 0 Å². The Labute approximate surface area is 140 Å². The van der Waals surface area contributed by atoms with E-state index >= 15 is 0 Å². The zero-order valence-electron chi connectivity index (χ0n) is 13.1. The molecule has 0 amide bonds. The molecule has 2 saturated heterocycles. The van der Waals surface area contributed by atoms with Crippen molar-refractivity contribution in [3.05, 3.63) is 29.9 Å². The molecule has 0 radical (unpaired) electrons.